The summed E-state index contributed by atoms with van der Waals surface area (Å²) >= 11 is 12.8. The molecule has 198 valence electrons. The van der Waals surface area contributed by atoms with Crippen molar-refractivity contribution in [3.05, 3.63) is 81.2 Å². The van der Waals surface area contributed by atoms with E-state index in [0.29, 0.717) is 45.6 Å². The molecule has 1 aliphatic carbocycles. The number of hydrogen-bond acceptors (Lipinski definition) is 5. The van der Waals surface area contributed by atoms with Gasteiger partial charge in [0.25, 0.3) is 5.91 Å². The first-order chi connectivity index (χ1) is 18.5. The van der Waals surface area contributed by atoms with Crippen molar-refractivity contribution in [1.82, 2.24) is 19.7 Å². The number of benzene rings is 2. The van der Waals surface area contributed by atoms with E-state index in [2.05, 4.69) is 11.1 Å². The zero-order valence-electron chi connectivity index (χ0n) is 22.3. The van der Waals surface area contributed by atoms with E-state index in [1.165, 1.54) is 6.20 Å². The van der Waals surface area contributed by atoms with Crippen molar-refractivity contribution in [1.29, 1.82) is 5.26 Å². The number of ether oxygens (including phenoxy) is 1. The van der Waals surface area contributed by atoms with Crippen molar-refractivity contribution in [2.24, 2.45) is 0 Å². The first kappa shape index (κ1) is 26.7. The highest BCUT2D eigenvalue weighted by Crippen LogP contribution is 2.43. The lowest BCUT2D eigenvalue weighted by atomic mass is 9.86. The molecular formula is C30H27Cl2N5O2. The third-order valence-corrected chi connectivity index (χ3v) is 7.53. The molecule has 5 rings (SSSR count). The Hall–Kier alpha value is -3.86. The molecule has 0 fully saturated rings. The summed E-state index contributed by atoms with van der Waals surface area (Å²) in [5.74, 6) is 0.517. The Morgan fingerprint density at radius 1 is 1.05 bits per heavy atom. The molecule has 39 heavy (non-hydrogen) atoms. The molecule has 0 bridgehead atoms. The maximum absolute atomic E-state index is 13.8. The molecule has 0 saturated carbocycles. The van der Waals surface area contributed by atoms with Crippen LogP contribution >= 0.6 is 23.2 Å². The molecule has 2 heterocycles. The van der Waals surface area contributed by atoms with E-state index in [0.717, 1.165) is 33.5 Å². The van der Waals surface area contributed by atoms with E-state index >= 15 is 0 Å². The number of methoxy groups -OCH3 is 1. The lowest BCUT2D eigenvalue weighted by Crippen LogP contribution is -2.43. The molecule has 0 atom stereocenters. The minimum absolute atomic E-state index is 0.159. The van der Waals surface area contributed by atoms with Gasteiger partial charge >= 0.3 is 0 Å². The van der Waals surface area contributed by atoms with Crippen molar-refractivity contribution in [2.75, 3.05) is 14.2 Å². The number of pyridine rings is 1. The highest BCUT2D eigenvalue weighted by Gasteiger charge is 2.34. The van der Waals surface area contributed by atoms with E-state index < -0.39 is 0 Å². The monoisotopic (exact) mass is 559 g/mol. The Balaban J connectivity index is 1.80. The van der Waals surface area contributed by atoms with Crippen molar-refractivity contribution in [3.63, 3.8) is 0 Å². The van der Waals surface area contributed by atoms with E-state index in [1.807, 2.05) is 32.9 Å². The summed E-state index contributed by atoms with van der Waals surface area (Å²) in [6, 6.07) is 13.2. The molecule has 0 radical (unpaired) electrons. The van der Waals surface area contributed by atoms with Crippen LogP contribution in [0.5, 0.6) is 5.75 Å². The first-order valence-electron chi connectivity index (χ1n) is 12.4. The smallest absolute Gasteiger partial charge is 0.274 e. The number of nitrogens with zero attached hydrogens (tertiary/aromatic N) is 5. The highest BCUT2D eigenvalue weighted by molar-refractivity contribution is 6.34. The van der Waals surface area contributed by atoms with Gasteiger partial charge < -0.3 is 9.64 Å². The molecule has 4 aromatic rings. The number of halogens is 2. The molecule has 1 aliphatic rings. The molecule has 0 spiro atoms. The average molecular weight is 560 g/mol. The van der Waals surface area contributed by atoms with Gasteiger partial charge in [0.1, 0.15) is 11.8 Å². The summed E-state index contributed by atoms with van der Waals surface area (Å²) in [5, 5.41) is 15.2. The summed E-state index contributed by atoms with van der Waals surface area (Å²) in [4.78, 5) is 19.7. The van der Waals surface area contributed by atoms with Crippen LogP contribution in [0.3, 0.4) is 0 Å². The van der Waals surface area contributed by atoms with Crippen LogP contribution in [-0.4, -0.2) is 45.3 Å². The molecule has 0 N–H and O–H groups in total. The minimum Gasteiger partial charge on any atom is -0.496 e. The topological polar surface area (TPSA) is 84.0 Å². The Morgan fingerprint density at radius 3 is 2.41 bits per heavy atom. The Bertz CT molecular complexity index is 1640. The van der Waals surface area contributed by atoms with Gasteiger partial charge in [0.05, 0.1) is 24.1 Å². The van der Waals surface area contributed by atoms with Crippen LogP contribution in [0.1, 0.15) is 48.0 Å². The standard InChI is InChI=1S/C30H27Cl2N5O2/c1-30(2,3)36(4)29(38)27-23-7-6-18-9-26(39-5)24(19-8-17(14-33)15-34-16-19)13-25(18)28(23)37(35-27)22-11-20(31)10-21(32)12-22/h8-13,15-16H,6-7H2,1-5H3. The van der Waals surface area contributed by atoms with Crippen molar-refractivity contribution >= 4 is 29.1 Å². The first-order valence-corrected chi connectivity index (χ1v) is 13.2. The van der Waals surface area contributed by atoms with Crippen molar-refractivity contribution in [2.45, 2.75) is 39.2 Å². The second kappa shape index (κ2) is 10.0. The van der Waals surface area contributed by atoms with Crippen molar-refractivity contribution < 1.29 is 9.53 Å². The number of aromatic nitrogens is 3. The van der Waals surface area contributed by atoms with E-state index in [4.69, 9.17) is 33.0 Å². The molecule has 9 heteroatoms. The highest BCUT2D eigenvalue weighted by atomic mass is 35.5. The van der Waals surface area contributed by atoms with Crippen LogP contribution in [0.25, 0.3) is 28.1 Å². The fourth-order valence-corrected chi connectivity index (χ4v) is 5.31. The second-order valence-electron chi connectivity index (χ2n) is 10.5. The second-order valence-corrected chi connectivity index (χ2v) is 11.4. The summed E-state index contributed by atoms with van der Waals surface area (Å²) < 4.78 is 7.52. The number of aryl methyl sites for hydroxylation is 1. The SMILES string of the molecule is COc1cc2c(cc1-c1cncc(C#N)c1)-c1c(c(C(=O)N(C)C(C)(C)C)nn1-c1cc(Cl)cc(Cl)c1)CC2. The van der Waals surface area contributed by atoms with Crippen LogP contribution < -0.4 is 4.74 Å². The molecule has 2 aromatic heterocycles. The lowest BCUT2D eigenvalue weighted by Gasteiger charge is -2.31. The van der Waals surface area contributed by atoms with Crippen LogP contribution in [-0.2, 0) is 12.8 Å². The van der Waals surface area contributed by atoms with Gasteiger partial charge in [0, 0.05) is 57.3 Å². The summed E-state index contributed by atoms with van der Waals surface area (Å²) in [6.45, 7) is 5.97. The Kier molecular flexibility index (Phi) is 6.88. The molecule has 0 aliphatic heterocycles. The molecule has 2 aromatic carbocycles. The predicted octanol–water partition coefficient (Wildman–Crippen LogP) is 6.76. The number of hydrogen-bond donors (Lipinski definition) is 0. The van der Waals surface area contributed by atoms with E-state index in [1.54, 1.807) is 54.2 Å². The summed E-state index contributed by atoms with van der Waals surface area (Å²) in [7, 11) is 3.41. The normalized spacial score (nSPS) is 12.4. The zero-order chi connectivity index (χ0) is 28.1. The van der Waals surface area contributed by atoms with E-state index in [9.17, 15) is 10.1 Å². The van der Waals surface area contributed by atoms with Gasteiger partial charge in [-0.1, -0.05) is 23.2 Å². The number of fused-ring (bicyclic) bond motifs is 3. The molecule has 0 unspecified atom stereocenters. The van der Waals surface area contributed by atoms with Gasteiger partial charge in [-0.15, -0.1) is 0 Å². The van der Waals surface area contributed by atoms with Gasteiger partial charge in [-0.05, 0) is 75.6 Å². The predicted molar refractivity (Wildman–Crippen MR) is 153 cm³/mol. The maximum Gasteiger partial charge on any atom is 0.274 e. The number of rotatable bonds is 4. The van der Waals surface area contributed by atoms with Gasteiger partial charge in [0.2, 0.25) is 0 Å². The molecular weight excluding hydrogens is 533 g/mol. The van der Waals surface area contributed by atoms with Gasteiger partial charge in [-0.25, -0.2) is 4.68 Å². The molecule has 0 saturated heterocycles. The molecule has 7 nitrogen and oxygen atoms in total. The van der Waals surface area contributed by atoms with Crippen LogP contribution in [0, 0.1) is 11.3 Å². The fourth-order valence-electron chi connectivity index (χ4n) is 4.80. The largest absolute Gasteiger partial charge is 0.496 e. The Morgan fingerprint density at radius 2 is 1.77 bits per heavy atom. The van der Waals surface area contributed by atoms with E-state index in [-0.39, 0.29) is 11.4 Å². The maximum atomic E-state index is 13.8. The Labute approximate surface area is 237 Å². The number of carbonyl (C=O) groups excluding carboxylic acids is 1. The minimum atomic E-state index is -0.390. The van der Waals surface area contributed by atoms with Crippen LogP contribution in [0.15, 0.2) is 48.8 Å². The third-order valence-electron chi connectivity index (χ3n) is 7.09. The van der Waals surface area contributed by atoms with Crippen LogP contribution in [0.4, 0.5) is 0 Å². The fraction of sp³-hybridized carbons (Fsp3) is 0.267. The quantitative estimate of drug-likeness (QED) is 0.276. The van der Waals surface area contributed by atoms with Gasteiger partial charge in [0.15, 0.2) is 5.69 Å². The summed E-state index contributed by atoms with van der Waals surface area (Å²) in [5.41, 5.74) is 6.28. The number of amides is 1. The number of carbonyl (C=O) groups is 1. The van der Waals surface area contributed by atoms with Gasteiger partial charge in [-0.3, -0.25) is 9.78 Å². The lowest BCUT2D eigenvalue weighted by molar-refractivity contribution is 0.0648. The number of nitriles is 1. The molecule has 1 amide bonds. The van der Waals surface area contributed by atoms with Gasteiger partial charge in [-0.2, -0.15) is 10.4 Å². The summed E-state index contributed by atoms with van der Waals surface area (Å²) in [6.07, 6.45) is 4.56. The van der Waals surface area contributed by atoms with Crippen LogP contribution in [0.2, 0.25) is 10.0 Å². The zero-order valence-corrected chi connectivity index (χ0v) is 23.9. The third kappa shape index (κ3) is 4.87. The average Bonchev–Trinajstić information content (AvgIpc) is 3.30. The van der Waals surface area contributed by atoms with Crippen molar-refractivity contribution in [3.8, 4) is 39.9 Å².